The molecule has 3 aromatic rings. The Bertz CT molecular complexity index is 1150. The zero-order valence-electron chi connectivity index (χ0n) is 20.7. The largest absolute Gasteiger partial charge is 0.465 e. The van der Waals surface area contributed by atoms with Gasteiger partial charge >= 0.3 is 6.09 Å². The van der Waals surface area contributed by atoms with Crippen molar-refractivity contribution in [2.45, 2.75) is 51.5 Å². The van der Waals surface area contributed by atoms with E-state index in [9.17, 15) is 18.7 Å². The second-order valence-electron chi connectivity index (χ2n) is 9.68. The van der Waals surface area contributed by atoms with Gasteiger partial charge in [-0.2, -0.15) is 0 Å². The number of hydrogen-bond donors (Lipinski definition) is 2. The third-order valence-electron chi connectivity index (χ3n) is 6.69. The normalized spacial score (nSPS) is 16.5. The van der Waals surface area contributed by atoms with Crippen LogP contribution in [0.3, 0.4) is 0 Å². The lowest BCUT2D eigenvalue weighted by Crippen LogP contribution is -2.49. The Morgan fingerprint density at radius 3 is 2.39 bits per heavy atom. The Labute approximate surface area is 211 Å². The molecule has 4 rings (SSSR count). The molecule has 0 aliphatic carbocycles. The van der Waals surface area contributed by atoms with Crippen molar-refractivity contribution in [1.82, 2.24) is 15.1 Å². The van der Waals surface area contributed by atoms with Crippen LogP contribution >= 0.6 is 0 Å². The summed E-state index contributed by atoms with van der Waals surface area (Å²) in [4.78, 5) is 16.1. The number of halogens is 2. The molecule has 1 aliphatic rings. The molecule has 2 unspecified atom stereocenters. The Morgan fingerprint density at radius 2 is 1.72 bits per heavy atom. The molecule has 0 aromatic heterocycles. The number of hydrogen-bond acceptors (Lipinski definition) is 3. The Hall–Kier alpha value is -3.29. The van der Waals surface area contributed by atoms with E-state index in [2.05, 4.69) is 10.2 Å². The number of nitrogens with one attached hydrogen (secondary N) is 1. The van der Waals surface area contributed by atoms with Gasteiger partial charge in [0.05, 0.1) is 0 Å². The van der Waals surface area contributed by atoms with Crippen molar-refractivity contribution in [1.29, 1.82) is 0 Å². The van der Waals surface area contributed by atoms with Crippen LogP contribution in [0.4, 0.5) is 13.6 Å². The maximum absolute atomic E-state index is 14.0. The van der Waals surface area contributed by atoms with Crippen LogP contribution in [-0.4, -0.2) is 46.2 Å². The molecule has 5 nitrogen and oxygen atoms in total. The fourth-order valence-electron chi connectivity index (χ4n) is 4.91. The maximum Gasteiger partial charge on any atom is 0.408 e. The predicted molar refractivity (Wildman–Crippen MR) is 137 cm³/mol. The van der Waals surface area contributed by atoms with Crippen molar-refractivity contribution >= 4 is 6.09 Å². The van der Waals surface area contributed by atoms with Gasteiger partial charge in [-0.3, -0.25) is 15.1 Å². The molecular weight excluding hydrogens is 460 g/mol. The highest BCUT2D eigenvalue weighted by Crippen LogP contribution is 2.27. The highest BCUT2D eigenvalue weighted by atomic mass is 19.1. The highest BCUT2D eigenvalue weighted by molar-refractivity contribution is 5.65. The summed E-state index contributed by atoms with van der Waals surface area (Å²) in [6, 6.07) is 21.0. The fraction of sp³-hybridized carbons (Fsp3) is 0.345. The average molecular weight is 494 g/mol. The van der Waals surface area contributed by atoms with Crippen molar-refractivity contribution < 1.29 is 18.7 Å². The number of carboxylic acid groups (broad SMARTS) is 1. The van der Waals surface area contributed by atoms with Crippen LogP contribution in [0, 0.1) is 11.6 Å². The summed E-state index contributed by atoms with van der Waals surface area (Å²) in [6.45, 7) is 5.40. The van der Waals surface area contributed by atoms with Crippen molar-refractivity contribution in [2.75, 3.05) is 13.1 Å². The van der Waals surface area contributed by atoms with Crippen molar-refractivity contribution in [2.24, 2.45) is 0 Å². The van der Waals surface area contributed by atoms with Crippen LogP contribution < -0.4 is 5.32 Å². The average Bonchev–Trinajstić information content (AvgIpc) is 2.85. The number of amides is 1. The monoisotopic (exact) mass is 493 g/mol. The van der Waals surface area contributed by atoms with E-state index >= 15 is 0 Å². The zero-order chi connectivity index (χ0) is 25.7. The standard InChI is InChI=1S/C29H33F2N3O2/c1-20(2)32-28(22-6-4-3-5-7-22)34(29(35)36)15-14-33-19-23-10-13-26(31)17-24(23)18-27(33)16-21-8-11-25(30)12-9-21/h3-13,17,20,27-28,32H,14-16,18-19H2,1-2H3,(H,35,36). The molecule has 1 heterocycles. The third kappa shape index (κ3) is 6.47. The number of nitrogens with zero attached hydrogens (tertiary/aromatic N) is 2. The summed E-state index contributed by atoms with van der Waals surface area (Å²) in [5.74, 6) is -0.543. The van der Waals surface area contributed by atoms with Gasteiger partial charge in [0.2, 0.25) is 0 Å². The van der Waals surface area contributed by atoms with Gasteiger partial charge < -0.3 is 5.11 Å². The van der Waals surface area contributed by atoms with E-state index in [0.717, 1.165) is 22.3 Å². The molecule has 0 radical (unpaired) electrons. The van der Waals surface area contributed by atoms with E-state index in [0.29, 0.717) is 32.5 Å². The molecule has 1 amide bonds. The quantitative estimate of drug-likeness (QED) is 0.381. The predicted octanol–water partition coefficient (Wildman–Crippen LogP) is 5.61. The van der Waals surface area contributed by atoms with Gasteiger partial charge in [0.1, 0.15) is 17.8 Å². The first kappa shape index (κ1) is 25.8. The lowest BCUT2D eigenvalue weighted by atomic mass is 9.90. The second-order valence-corrected chi connectivity index (χ2v) is 9.68. The minimum atomic E-state index is -0.994. The van der Waals surface area contributed by atoms with Gasteiger partial charge in [0.25, 0.3) is 0 Å². The molecule has 0 saturated heterocycles. The third-order valence-corrected chi connectivity index (χ3v) is 6.69. The molecular formula is C29H33F2N3O2. The number of carbonyl (C=O) groups is 1. The van der Waals surface area contributed by atoms with Gasteiger partial charge in [-0.1, -0.05) is 48.5 Å². The Balaban J connectivity index is 1.57. The van der Waals surface area contributed by atoms with Gasteiger partial charge in [-0.05, 0) is 73.2 Å². The first-order valence-electron chi connectivity index (χ1n) is 12.4. The van der Waals surface area contributed by atoms with Crippen molar-refractivity contribution in [3.63, 3.8) is 0 Å². The van der Waals surface area contributed by atoms with Crippen LogP contribution in [-0.2, 0) is 19.4 Å². The minimum absolute atomic E-state index is 0.0358. The van der Waals surface area contributed by atoms with Gasteiger partial charge in [-0.25, -0.2) is 13.6 Å². The van der Waals surface area contributed by atoms with Crippen molar-refractivity contribution in [3.8, 4) is 0 Å². The van der Waals surface area contributed by atoms with E-state index in [1.165, 1.54) is 23.1 Å². The number of benzene rings is 3. The van der Waals surface area contributed by atoms with Crippen LogP contribution in [0.25, 0.3) is 0 Å². The molecule has 2 atom stereocenters. The van der Waals surface area contributed by atoms with Gasteiger partial charge in [-0.15, -0.1) is 0 Å². The Kier molecular flexibility index (Phi) is 8.33. The first-order chi connectivity index (χ1) is 17.3. The number of rotatable bonds is 9. The smallest absolute Gasteiger partial charge is 0.408 e. The molecule has 7 heteroatoms. The summed E-state index contributed by atoms with van der Waals surface area (Å²) in [6.07, 6.45) is -0.170. The summed E-state index contributed by atoms with van der Waals surface area (Å²) >= 11 is 0. The van der Waals surface area contributed by atoms with E-state index < -0.39 is 12.3 Å². The SMILES string of the molecule is CC(C)NC(c1ccccc1)N(CCN1Cc2ccc(F)cc2CC1Cc1ccc(F)cc1)C(=O)O. The molecule has 0 fully saturated rings. The topological polar surface area (TPSA) is 55.8 Å². The molecule has 36 heavy (non-hydrogen) atoms. The Morgan fingerprint density at radius 1 is 1.03 bits per heavy atom. The molecule has 1 aliphatic heterocycles. The lowest BCUT2D eigenvalue weighted by molar-refractivity contribution is 0.0884. The van der Waals surface area contributed by atoms with E-state index in [4.69, 9.17) is 0 Å². The molecule has 190 valence electrons. The fourth-order valence-corrected chi connectivity index (χ4v) is 4.91. The van der Waals surface area contributed by atoms with Gasteiger partial charge in [0.15, 0.2) is 0 Å². The second kappa shape index (κ2) is 11.6. The molecule has 0 saturated carbocycles. The lowest BCUT2D eigenvalue weighted by Gasteiger charge is -2.39. The van der Waals surface area contributed by atoms with E-state index in [-0.39, 0.29) is 23.7 Å². The minimum Gasteiger partial charge on any atom is -0.465 e. The molecule has 3 aromatic carbocycles. The summed E-state index contributed by atoms with van der Waals surface area (Å²) in [5, 5.41) is 13.5. The molecule has 0 bridgehead atoms. The molecule has 2 N–H and O–H groups in total. The highest BCUT2D eigenvalue weighted by Gasteiger charge is 2.30. The van der Waals surface area contributed by atoms with E-state index in [1.807, 2.05) is 50.2 Å². The maximum atomic E-state index is 14.0. The van der Waals surface area contributed by atoms with Crippen LogP contribution in [0.5, 0.6) is 0 Å². The number of fused-ring (bicyclic) bond motifs is 1. The summed E-state index contributed by atoms with van der Waals surface area (Å²) in [7, 11) is 0. The van der Waals surface area contributed by atoms with Crippen LogP contribution in [0.2, 0.25) is 0 Å². The van der Waals surface area contributed by atoms with Crippen molar-refractivity contribution in [3.05, 3.63) is 107 Å². The van der Waals surface area contributed by atoms with Crippen LogP contribution in [0.15, 0.2) is 72.8 Å². The molecule has 0 spiro atoms. The summed E-state index contributed by atoms with van der Waals surface area (Å²) in [5.41, 5.74) is 3.89. The first-order valence-corrected chi connectivity index (χ1v) is 12.4. The van der Waals surface area contributed by atoms with Crippen LogP contribution in [0.1, 0.15) is 42.3 Å². The summed E-state index contributed by atoms with van der Waals surface area (Å²) < 4.78 is 27.4. The van der Waals surface area contributed by atoms with E-state index in [1.54, 1.807) is 18.2 Å². The zero-order valence-corrected chi connectivity index (χ0v) is 20.7. The van der Waals surface area contributed by atoms with Gasteiger partial charge in [0, 0.05) is 31.7 Å².